The molecule has 0 unspecified atom stereocenters. The average molecular weight is 562 g/mol. The molecule has 1 amide bonds. The van der Waals surface area contributed by atoms with Crippen molar-refractivity contribution < 1.29 is 17.9 Å². The topological polar surface area (TPSA) is 75.7 Å². The van der Waals surface area contributed by atoms with Crippen molar-refractivity contribution in [2.75, 3.05) is 10.6 Å². The lowest BCUT2D eigenvalue weighted by Gasteiger charge is -2.41. The number of halogens is 2. The van der Waals surface area contributed by atoms with Gasteiger partial charge in [-0.2, -0.15) is 0 Å². The molecule has 0 fully saturated rings. The second kappa shape index (κ2) is 10.9. The predicted octanol–water partition coefficient (Wildman–Crippen LogP) is 6.77. The van der Waals surface area contributed by atoms with Gasteiger partial charge >= 0.3 is 0 Å². The fourth-order valence-corrected chi connectivity index (χ4v) is 6.07. The SMILES string of the molecule is CCC1(CC)C[C@@H](NC(=O)c2ccc(CN(c3cc(Cl)cc(Cl)c3)S(C)(=O)=O)cc2)c2ccccc2O1. The van der Waals surface area contributed by atoms with Crippen LogP contribution in [-0.2, 0) is 16.6 Å². The Labute approximate surface area is 228 Å². The van der Waals surface area contributed by atoms with Gasteiger partial charge in [0.05, 0.1) is 24.5 Å². The number of fused-ring (bicyclic) bond motifs is 1. The maximum Gasteiger partial charge on any atom is 0.251 e. The van der Waals surface area contributed by atoms with E-state index < -0.39 is 10.0 Å². The Bertz CT molecular complexity index is 1370. The van der Waals surface area contributed by atoms with Crippen LogP contribution in [-0.4, -0.2) is 26.2 Å². The highest BCUT2D eigenvalue weighted by molar-refractivity contribution is 7.92. The van der Waals surface area contributed by atoms with Crippen molar-refractivity contribution in [3.05, 3.63) is 93.5 Å². The lowest BCUT2D eigenvalue weighted by atomic mass is 9.83. The first-order valence-corrected chi connectivity index (χ1v) is 14.8. The molecule has 0 spiro atoms. The quantitative estimate of drug-likeness (QED) is 0.329. The molecule has 1 atom stereocenters. The zero-order valence-electron chi connectivity index (χ0n) is 21.0. The number of carbonyl (C=O) groups excluding carboxylic acids is 1. The molecular formula is C28H30Cl2N2O4S. The third-order valence-electron chi connectivity index (χ3n) is 6.87. The van der Waals surface area contributed by atoms with Gasteiger partial charge < -0.3 is 10.1 Å². The van der Waals surface area contributed by atoms with Crippen LogP contribution in [0, 0.1) is 0 Å². The van der Waals surface area contributed by atoms with E-state index in [2.05, 4.69) is 19.2 Å². The number of amides is 1. The fraction of sp³-hybridized carbons (Fsp3) is 0.321. The zero-order chi connectivity index (χ0) is 26.8. The molecule has 1 heterocycles. The van der Waals surface area contributed by atoms with Crippen LogP contribution in [0.2, 0.25) is 10.0 Å². The van der Waals surface area contributed by atoms with Crippen LogP contribution < -0.4 is 14.4 Å². The van der Waals surface area contributed by atoms with E-state index in [4.69, 9.17) is 27.9 Å². The number of rotatable bonds is 8. The van der Waals surface area contributed by atoms with Gasteiger partial charge in [0, 0.05) is 27.6 Å². The van der Waals surface area contributed by atoms with Gasteiger partial charge in [0.2, 0.25) is 10.0 Å². The normalized spacial score (nSPS) is 16.4. The van der Waals surface area contributed by atoms with Crippen molar-refractivity contribution in [2.45, 2.75) is 51.3 Å². The minimum Gasteiger partial charge on any atom is -0.487 e. The van der Waals surface area contributed by atoms with Gasteiger partial charge in [-0.1, -0.05) is 67.4 Å². The molecule has 0 aromatic heterocycles. The summed E-state index contributed by atoms with van der Waals surface area (Å²) in [7, 11) is -3.62. The summed E-state index contributed by atoms with van der Waals surface area (Å²) >= 11 is 12.2. The van der Waals surface area contributed by atoms with Gasteiger partial charge in [-0.25, -0.2) is 8.42 Å². The number of hydrogen-bond acceptors (Lipinski definition) is 4. The summed E-state index contributed by atoms with van der Waals surface area (Å²) in [6.45, 7) is 4.28. The van der Waals surface area contributed by atoms with E-state index in [9.17, 15) is 13.2 Å². The summed E-state index contributed by atoms with van der Waals surface area (Å²) in [5.74, 6) is 0.607. The van der Waals surface area contributed by atoms with Crippen LogP contribution in [0.3, 0.4) is 0 Å². The molecular weight excluding hydrogens is 531 g/mol. The molecule has 0 saturated heterocycles. The van der Waals surface area contributed by atoms with Crippen LogP contribution in [0.5, 0.6) is 5.75 Å². The Kier molecular flexibility index (Phi) is 8.07. The Morgan fingerprint density at radius 3 is 2.24 bits per heavy atom. The van der Waals surface area contributed by atoms with Crippen LogP contribution >= 0.6 is 23.2 Å². The van der Waals surface area contributed by atoms with Crippen molar-refractivity contribution in [3.63, 3.8) is 0 Å². The van der Waals surface area contributed by atoms with Gasteiger partial charge in [0.15, 0.2) is 0 Å². The Morgan fingerprint density at radius 2 is 1.65 bits per heavy atom. The largest absolute Gasteiger partial charge is 0.487 e. The number of nitrogens with zero attached hydrogens (tertiary/aromatic N) is 1. The molecule has 1 aliphatic rings. The maximum absolute atomic E-state index is 13.2. The number of nitrogens with one attached hydrogen (secondary N) is 1. The number of anilines is 1. The first kappa shape index (κ1) is 27.3. The predicted molar refractivity (Wildman–Crippen MR) is 149 cm³/mol. The Morgan fingerprint density at radius 1 is 1.03 bits per heavy atom. The Hall–Kier alpha value is -2.74. The maximum atomic E-state index is 13.2. The molecule has 6 nitrogen and oxygen atoms in total. The zero-order valence-corrected chi connectivity index (χ0v) is 23.3. The number of sulfonamides is 1. The number of para-hydroxylation sites is 1. The van der Waals surface area contributed by atoms with Crippen LogP contribution in [0.4, 0.5) is 5.69 Å². The minimum absolute atomic E-state index is 0.0697. The Balaban J connectivity index is 1.53. The average Bonchev–Trinajstić information content (AvgIpc) is 2.86. The molecule has 37 heavy (non-hydrogen) atoms. The van der Waals surface area contributed by atoms with E-state index >= 15 is 0 Å². The third kappa shape index (κ3) is 6.22. The molecule has 0 aliphatic carbocycles. The molecule has 3 aromatic carbocycles. The first-order chi connectivity index (χ1) is 17.5. The molecule has 1 N–H and O–H groups in total. The number of carbonyl (C=O) groups is 1. The summed E-state index contributed by atoms with van der Waals surface area (Å²) in [6.07, 6.45) is 3.50. The summed E-state index contributed by atoms with van der Waals surface area (Å²) in [5.41, 5.74) is 2.21. The standard InChI is InChI=1S/C28H30Cl2N2O4S/c1-4-28(5-2)17-25(24-8-6-7-9-26(24)36-28)31-27(33)20-12-10-19(11-13-20)18-32(37(3,34)35)23-15-21(29)14-22(30)16-23/h6-16,25H,4-5,17-18H2,1-3H3,(H,31,33)/t25-/m1/s1. The van der Waals surface area contributed by atoms with E-state index in [0.29, 0.717) is 33.3 Å². The van der Waals surface area contributed by atoms with Gasteiger partial charge in [-0.05, 0) is 54.8 Å². The van der Waals surface area contributed by atoms with Crippen molar-refractivity contribution in [1.29, 1.82) is 0 Å². The minimum atomic E-state index is -3.62. The van der Waals surface area contributed by atoms with Crippen molar-refractivity contribution in [1.82, 2.24) is 5.32 Å². The van der Waals surface area contributed by atoms with Crippen LogP contribution in [0.15, 0.2) is 66.7 Å². The van der Waals surface area contributed by atoms with Crippen molar-refractivity contribution in [2.24, 2.45) is 0 Å². The third-order valence-corrected chi connectivity index (χ3v) is 8.45. The molecule has 4 rings (SSSR count). The lowest BCUT2D eigenvalue weighted by molar-refractivity contribution is 0.0227. The summed E-state index contributed by atoms with van der Waals surface area (Å²) in [4.78, 5) is 13.2. The van der Waals surface area contributed by atoms with Gasteiger partial charge in [0.25, 0.3) is 5.91 Å². The van der Waals surface area contributed by atoms with E-state index in [1.807, 2.05) is 24.3 Å². The highest BCUT2D eigenvalue weighted by Gasteiger charge is 2.39. The molecule has 3 aromatic rings. The summed E-state index contributed by atoms with van der Waals surface area (Å²) < 4.78 is 32.6. The highest BCUT2D eigenvalue weighted by Crippen LogP contribution is 2.42. The molecule has 196 valence electrons. The monoisotopic (exact) mass is 560 g/mol. The van der Waals surface area contributed by atoms with Crippen molar-refractivity contribution >= 4 is 44.8 Å². The first-order valence-electron chi connectivity index (χ1n) is 12.1. The van der Waals surface area contributed by atoms with Crippen LogP contribution in [0.25, 0.3) is 0 Å². The molecule has 0 radical (unpaired) electrons. The number of hydrogen-bond donors (Lipinski definition) is 1. The summed E-state index contributed by atoms with van der Waals surface area (Å²) in [5, 5.41) is 3.86. The second-order valence-electron chi connectivity index (χ2n) is 9.35. The lowest BCUT2D eigenvalue weighted by Crippen LogP contribution is -2.44. The van der Waals surface area contributed by atoms with Gasteiger partial charge in [-0.15, -0.1) is 0 Å². The van der Waals surface area contributed by atoms with E-state index in [0.717, 1.165) is 30.4 Å². The van der Waals surface area contributed by atoms with Crippen molar-refractivity contribution in [3.8, 4) is 5.75 Å². The smallest absolute Gasteiger partial charge is 0.251 e. The molecule has 0 saturated carbocycles. The fourth-order valence-electron chi connectivity index (χ4n) is 4.68. The van der Waals surface area contributed by atoms with Gasteiger partial charge in [-0.3, -0.25) is 9.10 Å². The highest BCUT2D eigenvalue weighted by atomic mass is 35.5. The van der Waals surface area contributed by atoms with Gasteiger partial charge in [0.1, 0.15) is 11.4 Å². The summed E-state index contributed by atoms with van der Waals surface area (Å²) in [6, 6.07) is 19.2. The number of ether oxygens (including phenoxy) is 1. The molecule has 1 aliphatic heterocycles. The van der Waals surface area contributed by atoms with E-state index in [1.165, 1.54) is 4.31 Å². The molecule has 9 heteroatoms. The van der Waals surface area contributed by atoms with Crippen LogP contribution in [0.1, 0.15) is 60.6 Å². The number of benzene rings is 3. The van der Waals surface area contributed by atoms with E-state index in [1.54, 1.807) is 42.5 Å². The second-order valence-corrected chi connectivity index (χ2v) is 12.1. The van der Waals surface area contributed by atoms with E-state index in [-0.39, 0.29) is 24.1 Å². The molecule has 0 bridgehead atoms.